The molecule has 2 fully saturated rings. The molecule has 2 aliphatic heterocycles. The summed E-state index contributed by atoms with van der Waals surface area (Å²) >= 11 is 0. The van der Waals surface area contributed by atoms with Crippen LogP contribution < -0.4 is 5.73 Å². The minimum atomic E-state index is 0.249. The Balaban J connectivity index is 1.82. The van der Waals surface area contributed by atoms with E-state index in [9.17, 15) is 4.79 Å². The molecule has 2 atom stereocenters. The molecule has 4 heteroatoms. The lowest BCUT2D eigenvalue weighted by Crippen LogP contribution is -2.46. The predicted molar refractivity (Wildman–Crippen MR) is 87.1 cm³/mol. The minimum absolute atomic E-state index is 0.249. The smallest absolute Gasteiger partial charge is 0.225 e. The molecular weight excluding hydrogens is 262 g/mol. The Morgan fingerprint density at radius 1 is 1.19 bits per heavy atom. The number of hydrogen-bond acceptors (Lipinski definition) is 3. The SMILES string of the molecule is CCCCC(CC)C(=O)N1CCC(N2CCC(N)CC2)C1. The van der Waals surface area contributed by atoms with Gasteiger partial charge in [-0.25, -0.2) is 0 Å². The van der Waals surface area contributed by atoms with Crippen molar-refractivity contribution in [2.24, 2.45) is 11.7 Å². The summed E-state index contributed by atoms with van der Waals surface area (Å²) in [6.45, 7) is 8.47. The van der Waals surface area contributed by atoms with Crippen LogP contribution >= 0.6 is 0 Å². The monoisotopic (exact) mass is 295 g/mol. The fourth-order valence-electron chi connectivity index (χ4n) is 3.74. The molecular formula is C17H33N3O. The van der Waals surface area contributed by atoms with Crippen LogP contribution in [0, 0.1) is 5.92 Å². The summed E-state index contributed by atoms with van der Waals surface area (Å²) in [4.78, 5) is 17.3. The standard InChI is InChI=1S/C17H33N3O/c1-3-5-6-14(4-2)17(21)20-12-9-16(13-20)19-10-7-15(18)8-11-19/h14-16H,3-13,18H2,1-2H3. The van der Waals surface area contributed by atoms with Gasteiger partial charge in [-0.3, -0.25) is 9.69 Å². The number of nitrogens with zero attached hydrogens (tertiary/aromatic N) is 2. The molecule has 21 heavy (non-hydrogen) atoms. The van der Waals surface area contributed by atoms with Gasteiger partial charge in [-0.05, 0) is 45.2 Å². The number of unbranched alkanes of at least 4 members (excludes halogenated alkanes) is 1. The molecule has 0 aromatic heterocycles. The Labute approximate surface area is 130 Å². The summed E-state index contributed by atoms with van der Waals surface area (Å²) in [5.41, 5.74) is 5.98. The molecule has 122 valence electrons. The molecule has 1 amide bonds. The van der Waals surface area contributed by atoms with Crippen LogP contribution in [0.2, 0.25) is 0 Å². The van der Waals surface area contributed by atoms with Crippen molar-refractivity contribution in [2.45, 2.75) is 70.9 Å². The molecule has 0 aliphatic carbocycles. The Morgan fingerprint density at radius 3 is 2.52 bits per heavy atom. The zero-order chi connectivity index (χ0) is 15.2. The van der Waals surface area contributed by atoms with Gasteiger partial charge in [0, 0.05) is 31.1 Å². The molecule has 0 aromatic carbocycles. The summed E-state index contributed by atoms with van der Waals surface area (Å²) in [6.07, 6.45) is 7.76. The van der Waals surface area contributed by atoms with E-state index in [0.717, 1.165) is 58.3 Å². The van der Waals surface area contributed by atoms with E-state index in [1.54, 1.807) is 0 Å². The molecule has 2 N–H and O–H groups in total. The molecule has 2 unspecified atom stereocenters. The fraction of sp³-hybridized carbons (Fsp3) is 0.941. The first-order valence-corrected chi connectivity index (χ1v) is 8.94. The number of carbonyl (C=O) groups excluding carboxylic acids is 1. The minimum Gasteiger partial charge on any atom is -0.341 e. The van der Waals surface area contributed by atoms with Crippen LogP contribution in [0.15, 0.2) is 0 Å². The summed E-state index contributed by atoms with van der Waals surface area (Å²) in [5.74, 6) is 0.653. The van der Waals surface area contributed by atoms with E-state index >= 15 is 0 Å². The summed E-state index contributed by atoms with van der Waals surface area (Å²) in [6, 6.07) is 0.962. The van der Waals surface area contributed by atoms with Crippen molar-refractivity contribution in [3.63, 3.8) is 0 Å². The van der Waals surface area contributed by atoms with E-state index in [0.29, 0.717) is 18.0 Å². The second kappa shape index (κ2) is 8.14. The van der Waals surface area contributed by atoms with Crippen LogP contribution in [0.25, 0.3) is 0 Å². The van der Waals surface area contributed by atoms with Gasteiger partial charge in [0.25, 0.3) is 0 Å². The van der Waals surface area contributed by atoms with Gasteiger partial charge in [-0.15, -0.1) is 0 Å². The van der Waals surface area contributed by atoms with Crippen molar-refractivity contribution >= 4 is 5.91 Å². The first kappa shape index (κ1) is 16.8. The lowest BCUT2D eigenvalue weighted by molar-refractivity contribution is -0.135. The average Bonchev–Trinajstić information content (AvgIpc) is 2.98. The largest absolute Gasteiger partial charge is 0.341 e. The molecule has 0 radical (unpaired) electrons. The van der Waals surface area contributed by atoms with Crippen molar-refractivity contribution in [1.29, 1.82) is 0 Å². The van der Waals surface area contributed by atoms with Crippen molar-refractivity contribution in [3.8, 4) is 0 Å². The third-order valence-electron chi connectivity index (χ3n) is 5.31. The number of nitrogens with two attached hydrogens (primary N) is 1. The average molecular weight is 295 g/mol. The van der Waals surface area contributed by atoms with E-state index in [1.165, 1.54) is 12.8 Å². The van der Waals surface area contributed by atoms with Crippen molar-refractivity contribution < 1.29 is 4.79 Å². The van der Waals surface area contributed by atoms with E-state index in [1.807, 2.05) is 0 Å². The fourth-order valence-corrected chi connectivity index (χ4v) is 3.74. The first-order chi connectivity index (χ1) is 10.2. The number of piperidine rings is 1. The zero-order valence-electron chi connectivity index (χ0n) is 13.9. The topological polar surface area (TPSA) is 49.6 Å². The summed E-state index contributed by atoms with van der Waals surface area (Å²) in [5, 5.41) is 0. The summed E-state index contributed by atoms with van der Waals surface area (Å²) in [7, 11) is 0. The second-order valence-electron chi connectivity index (χ2n) is 6.85. The van der Waals surface area contributed by atoms with E-state index in [4.69, 9.17) is 5.73 Å². The molecule has 2 aliphatic rings. The van der Waals surface area contributed by atoms with Gasteiger partial charge < -0.3 is 10.6 Å². The lowest BCUT2D eigenvalue weighted by atomic mass is 9.98. The van der Waals surface area contributed by atoms with E-state index in [2.05, 4.69) is 23.6 Å². The summed E-state index contributed by atoms with van der Waals surface area (Å²) < 4.78 is 0. The Bertz CT molecular complexity index is 326. The normalized spacial score (nSPS) is 26.2. The van der Waals surface area contributed by atoms with Gasteiger partial charge >= 0.3 is 0 Å². The second-order valence-corrected chi connectivity index (χ2v) is 6.85. The van der Waals surface area contributed by atoms with Gasteiger partial charge in [0.15, 0.2) is 0 Å². The molecule has 2 saturated heterocycles. The highest BCUT2D eigenvalue weighted by Crippen LogP contribution is 2.23. The quantitative estimate of drug-likeness (QED) is 0.817. The van der Waals surface area contributed by atoms with Gasteiger partial charge in [0.05, 0.1) is 0 Å². The molecule has 0 spiro atoms. The molecule has 0 saturated carbocycles. The Kier molecular flexibility index (Phi) is 6.49. The van der Waals surface area contributed by atoms with E-state index in [-0.39, 0.29) is 5.92 Å². The number of hydrogen-bond donors (Lipinski definition) is 1. The molecule has 2 heterocycles. The molecule has 4 nitrogen and oxygen atoms in total. The number of amides is 1. The third kappa shape index (κ3) is 4.43. The van der Waals surface area contributed by atoms with Gasteiger partial charge in [-0.2, -0.15) is 0 Å². The van der Waals surface area contributed by atoms with Crippen LogP contribution in [0.4, 0.5) is 0 Å². The van der Waals surface area contributed by atoms with Gasteiger partial charge in [0.1, 0.15) is 0 Å². The van der Waals surface area contributed by atoms with Crippen molar-refractivity contribution in [2.75, 3.05) is 26.2 Å². The zero-order valence-corrected chi connectivity index (χ0v) is 13.9. The first-order valence-electron chi connectivity index (χ1n) is 8.94. The Morgan fingerprint density at radius 2 is 1.90 bits per heavy atom. The van der Waals surface area contributed by atoms with Crippen molar-refractivity contribution in [1.82, 2.24) is 9.80 Å². The Hall–Kier alpha value is -0.610. The van der Waals surface area contributed by atoms with Crippen LogP contribution in [-0.2, 0) is 4.79 Å². The van der Waals surface area contributed by atoms with Crippen LogP contribution in [0.1, 0.15) is 58.8 Å². The van der Waals surface area contributed by atoms with Crippen LogP contribution in [0.3, 0.4) is 0 Å². The highest BCUT2D eigenvalue weighted by molar-refractivity contribution is 5.79. The highest BCUT2D eigenvalue weighted by atomic mass is 16.2. The number of carbonyl (C=O) groups is 1. The maximum Gasteiger partial charge on any atom is 0.225 e. The highest BCUT2D eigenvalue weighted by Gasteiger charge is 2.33. The lowest BCUT2D eigenvalue weighted by Gasteiger charge is -2.34. The van der Waals surface area contributed by atoms with Crippen LogP contribution in [0.5, 0.6) is 0 Å². The molecule has 0 bridgehead atoms. The number of rotatable bonds is 6. The maximum absolute atomic E-state index is 12.7. The van der Waals surface area contributed by atoms with Gasteiger partial charge in [0.2, 0.25) is 5.91 Å². The predicted octanol–water partition coefficient (Wildman–Crippen LogP) is 2.23. The maximum atomic E-state index is 12.7. The molecule has 2 rings (SSSR count). The van der Waals surface area contributed by atoms with Gasteiger partial charge in [-0.1, -0.05) is 26.7 Å². The third-order valence-corrected chi connectivity index (χ3v) is 5.31. The van der Waals surface area contributed by atoms with Crippen molar-refractivity contribution in [3.05, 3.63) is 0 Å². The van der Waals surface area contributed by atoms with Crippen LogP contribution in [-0.4, -0.2) is 54.0 Å². The van der Waals surface area contributed by atoms with E-state index < -0.39 is 0 Å². The molecule has 0 aromatic rings. The number of likely N-dealkylation sites (tertiary alicyclic amines) is 2.